The van der Waals surface area contributed by atoms with Crippen molar-refractivity contribution in [3.8, 4) is 11.5 Å². The van der Waals surface area contributed by atoms with Gasteiger partial charge < -0.3 is 28.8 Å². The van der Waals surface area contributed by atoms with Gasteiger partial charge in [-0.3, -0.25) is 9.59 Å². The fourth-order valence-electron chi connectivity index (χ4n) is 4.40. The summed E-state index contributed by atoms with van der Waals surface area (Å²) in [6.07, 6.45) is 1.87. The number of carbonyl (C=O) groups excluding carboxylic acids is 2. The number of Topliss-reactive ketones (excluding diaryl/α,β-unsaturated/α-hetero) is 1. The summed E-state index contributed by atoms with van der Waals surface area (Å²) in [5.41, 5.74) is 1.79. The lowest BCUT2D eigenvalue weighted by Crippen LogP contribution is -2.32. The van der Waals surface area contributed by atoms with Crippen molar-refractivity contribution >= 4 is 40.0 Å². The van der Waals surface area contributed by atoms with E-state index < -0.39 is 17.7 Å². The van der Waals surface area contributed by atoms with E-state index in [1.807, 2.05) is 42.1 Å². The summed E-state index contributed by atoms with van der Waals surface area (Å²) >= 11 is 6.31. The Bertz CT molecular complexity index is 1310. The Labute approximate surface area is 201 Å². The molecule has 1 fully saturated rings. The molecule has 1 aliphatic rings. The number of hydrogen-bond donors (Lipinski definition) is 1. The lowest BCUT2D eigenvalue weighted by atomic mass is 9.94. The fourth-order valence-corrected chi connectivity index (χ4v) is 4.65. The van der Waals surface area contributed by atoms with Crippen molar-refractivity contribution in [1.82, 2.24) is 9.47 Å². The van der Waals surface area contributed by atoms with Gasteiger partial charge in [-0.25, -0.2) is 0 Å². The van der Waals surface area contributed by atoms with Crippen LogP contribution in [0.1, 0.15) is 17.2 Å². The second-order valence-electron chi connectivity index (χ2n) is 7.88. The van der Waals surface area contributed by atoms with Gasteiger partial charge in [-0.2, -0.15) is 0 Å². The first-order chi connectivity index (χ1) is 16.3. The van der Waals surface area contributed by atoms with Gasteiger partial charge in [0.05, 0.1) is 43.0 Å². The van der Waals surface area contributed by atoms with Gasteiger partial charge in [0, 0.05) is 49.4 Å². The minimum Gasteiger partial charge on any atom is -0.507 e. The van der Waals surface area contributed by atoms with Crippen molar-refractivity contribution in [2.75, 3.05) is 34.5 Å². The maximum Gasteiger partial charge on any atom is 0.295 e. The van der Waals surface area contributed by atoms with E-state index in [1.54, 1.807) is 0 Å². The van der Waals surface area contributed by atoms with Crippen LogP contribution in [-0.2, 0) is 21.4 Å². The van der Waals surface area contributed by atoms with E-state index in [0.717, 1.165) is 10.9 Å². The maximum absolute atomic E-state index is 13.3. The van der Waals surface area contributed by atoms with Crippen molar-refractivity contribution in [2.24, 2.45) is 7.05 Å². The van der Waals surface area contributed by atoms with E-state index in [2.05, 4.69) is 0 Å². The van der Waals surface area contributed by atoms with Gasteiger partial charge in [0.15, 0.2) is 0 Å². The largest absolute Gasteiger partial charge is 0.507 e. The number of aliphatic hydroxyl groups excluding tert-OH is 1. The van der Waals surface area contributed by atoms with Gasteiger partial charge in [-0.15, -0.1) is 0 Å². The number of amides is 1. The number of fused-ring (bicyclic) bond motifs is 1. The van der Waals surface area contributed by atoms with Crippen LogP contribution in [0.25, 0.3) is 16.7 Å². The van der Waals surface area contributed by atoms with Gasteiger partial charge in [0.1, 0.15) is 17.3 Å². The Kier molecular flexibility index (Phi) is 6.54. The molecule has 3 aromatic rings. The third kappa shape index (κ3) is 3.78. The molecule has 1 saturated heterocycles. The zero-order valence-corrected chi connectivity index (χ0v) is 20.0. The number of carbonyl (C=O) groups is 2. The van der Waals surface area contributed by atoms with Crippen LogP contribution in [0.2, 0.25) is 5.02 Å². The molecule has 8 nitrogen and oxygen atoms in total. The molecule has 34 heavy (non-hydrogen) atoms. The number of likely N-dealkylation sites (tertiary alicyclic amines) is 1. The molecule has 2 heterocycles. The van der Waals surface area contributed by atoms with E-state index in [1.165, 1.54) is 38.4 Å². The van der Waals surface area contributed by atoms with E-state index in [-0.39, 0.29) is 40.8 Å². The highest BCUT2D eigenvalue weighted by atomic mass is 35.5. The predicted molar refractivity (Wildman–Crippen MR) is 128 cm³/mol. The van der Waals surface area contributed by atoms with Gasteiger partial charge >= 0.3 is 0 Å². The third-order valence-corrected chi connectivity index (χ3v) is 6.32. The van der Waals surface area contributed by atoms with Gasteiger partial charge in [0.25, 0.3) is 11.7 Å². The second kappa shape index (κ2) is 9.40. The molecule has 1 amide bonds. The van der Waals surface area contributed by atoms with E-state index >= 15 is 0 Å². The first-order valence-corrected chi connectivity index (χ1v) is 10.9. The molecular weight excluding hydrogens is 460 g/mol. The summed E-state index contributed by atoms with van der Waals surface area (Å²) in [5, 5.41) is 12.5. The van der Waals surface area contributed by atoms with Crippen LogP contribution in [-0.4, -0.2) is 60.7 Å². The van der Waals surface area contributed by atoms with E-state index in [4.69, 9.17) is 25.8 Å². The number of methoxy groups -OCH3 is 3. The lowest BCUT2D eigenvalue weighted by Gasteiger charge is -2.24. The molecule has 1 atom stereocenters. The Balaban J connectivity index is 1.99. The number of ketones is 1. The van der Waals surface area contributed by atoms with Crippen LogP contribution in [0.3, 0.4) is 0 Å². The summed E-state index contributed by atoms with van der Waals surface area (Å²) in [6, 6.07) is 9.82. The summed E-state index contributed by atoms with van der Waals surface area (Å²) in [4.78, 5) is 27.8. The first-order valence-electron chi connectivity index (χ1n) is 10.6. The minimum atomic E-state index is -0.827. The van der Waals surface area contributed by atoms with Crippen LogP contribution in [0.15, 0.2) is 48.2 Å². The SMILES string of the molecule is COCCN1C(=O)C(=O)/C(=C(/O)c2cc(Cl)c(OC)cc2OC)C1c1cn(C)c2ccccc12. The van der Waals surface area contributed by atoms with Crippen LogP contribution in [0, 0.1) is 0 Å². The lowest BCUT2D eigenvalue weighted by molar-refractivity contribution is -0.140. The molecule has 4 rings (SSSR count). The Hall–Kier alpha value is -3.49. The molecule has 1 N–H and O–H groups in total. The molecule has 0 radical (unpaired) electrons. The third-order valence-electron chi connectivity index (χ3n) is 6.03. The Morgan fingerprint density at radius 2 is 1.79 bits per heavy atom. The number of nitrogens with zero attached hydrogens (tertiary/aromatic N) is 2. The molecule has 0 spiro atoms. The average molecular weight is 485 g/mol. The Morgan fingerprint density at radius 1 is 1.09 bits per heavy atom. The molecule has 0 bridgehead atoms. The van der Waals surface area contributed by atoms with Crippen molar-refractivity contribution in [1.29, 1.82) is 0 Å². The zero-order valence-electron chi connectivity index (χ0n) is 19.3. The normalized spacial score (nSPS) is 17.6. The second-order valence-corrected chi connectivity index (χ2v) is 8.29. The molecule has 0 saturated carbocycles. The van der Waals surface area contributed by atoms with Gasteiger partial charge in [-0.05, 0) is 12.1 Å². The smallest absolute Gasteiger partial charge is 0.295 e. The monoisotopic (exact) mass is 484 g/mol. The highest BCUT2D eigenvalue weighted by molar-refractivity contribution is 6.46. The molecule has 1 aromatic heterocycles. The molecule has 178 valence electrons. The van der Waals surface area contributed by atoms with Crippen LogP contribution in [0.4, 0.5) is 0 Å². The molecule has 9 heteroatoms. The van der Waals surface area contributed by atoms with Gasteiger partial charge in [0.2, 0.25) is 0 Å². The number of benzene rings is 2. The van der Waals surface area contributed by atoms with Crippen LogP contribution in [0.5, 0.6) is 11.5 Å². The molecule has 1 unspecified atom stereocenters. The van der Waals surface area contributed by atoms with Gasteiger partial charge in [-0.1, -0.05) is 29.8 Å². The predicted octanol–water partition coefficient (Wildman–Crippen LogP) is 3.92. The number of ether oxygens (including phenoxy) is 3. The average Bonchev–Trinajstić information content (AvgIpc) is 3.30. The summed E-state index contributed by atoms with van der Waals surface area (Å²) < 4.78 is 17.8. The molecule has 1 aliphatic heterocycles. The highest BCUT2D eigenvalue weighted by Gasteiger charge is 2.47. The molecule has 0 aliphatic carbocycles. The molecule has 2 aromatic carbocycles. The standard InChI is InChI=1S/C25H25ClN2O6/c1-27-13-16(14-7-5-6-8-18(14)27)22-21(24(30)25(31)28(22)9-10-32-2)23(29)15-11-17(26)20(34-4)12-19(15)33-3/h5-8,11-13,22,29H,9-10H2,1-4H3/b23-21+. The zero-order chi connectivity index (χ0) is 24.6. The summed E-state index contributed by atoms with van der Waals surface area (Å²) in [7, 11) is 6.30. The Morgan fingerprint density at radius 3 is 2.47 bits per heavy atom. The van der Waals surface area contributed by atoms with Crippen LogP contribution < -0.4 is 9.47 Å². The minimum absolute atomic E-state index is 0.0445. The number of aliphatic hydroxyl groups is 1. The number of aryl methyl sites for hydroxylation is 1. The summed E-state index contributed by atoms with van der Waals surface area (Å²) in [5.74, 6) is -1.28. The molecular formula is C25H25ClN2O6. The first kappa shape index (κ1) is 23.7. The fraction of sp³-hybridized carbons (Fsp3) is 0.280. The van der Waals surface area contributed by atoms with E-state index in [9.17, 15) is 14.7 Å². The number of aromatic nitrogens is 1. The number of hydrogen-bond acceptors (Lipinski definition) is 6. The maximum atomic E-state index is 13.3. The topological polar surface area (TPSA) is 90.2 Å². The van der Waals surface area contributed by atoms with Crippen LogP contribution >= 0.6 is 11.6 Å². The number of para-hydroxylation sites is 1. The quantitative estimate of drug-likeness (QED) is 0.310. The number of halogens is 1. The summed E-state index contributed by atoms with van der Waals surface area (Å²) in [6.45, 7) is 0.401. The highest BCUT2D eigenvalue weighted by Crippen LogP contribution is 2.44. The van der Waals surface area contributed by atoms with Crippen molar-refractivity contribution in [2.45, 2.75) is 6.04 Å². The number of rotatable bonds is 7. The van der Waals surface area contributed by atoms with Crippen molar-refractivity contribution < 1.29 is 28.9 Å². The van der Waals surface area contributed by atoms with Crippen molar-refractivity contribution in [3.05, 3.63) is 64.3 Å². The van der Waals surface area contributed by atoms with Crippen molar-refractivity contribution in [3.63, 3.8) is 0 Å². The van der Waals surface area contributed by atoms with E-state index in [0.29, 0.717) is 11.3 Å².